The van der Waals surface area contributed by atoms with Gasteiger partial charge in [0.25, 0.3) is 0 Å². The first-order valence-electron chi connectivity index (χ1n) is 9.48. The van der Waals surface area contributed by atoms with Crippen LogP contribution < -0.4 is 10.6 Å². The van der Waals surface area contributed by atoms with Crippen LogP contribution in [0, 0.1) is 0 Å². The maximum absolute atomic E-state index is 5.45. The van der Waals surface area contributed by atoms with E-state index in [2.05, 4.69) is 56.8 Å². The van der Waals surface area contributed by atoms with E-state index in [0.29, 0.717) is 13.1 Å². The molecule has 1 aromatic heterocycles. The molecule has 0 spiro atoms. The van der Waals surface area contributed by atoms with Crippen LogP contribution in [0.2, 0.25) is 0 Å². The third-order valence-corrected chi connectivity index (χ3v) is 4.59. The van der Waals surface area contributed by atoms with E-state index in [-0.39, 0.29) is 0 Å². The molecule has 2 aromatic rings. The van der Waals surface area contributed by atoms with Crippen LogP contribution in [-0.2, 0) is 31.4 Å². The second-order valence-corrected chi connectivity index (χ2v) is 6.51. The second kappa shape index (κ2) is 10.0. The topological polar surface area (TPSA) is 79.6 Å². The van der Waals surface area contributed by atoms with Gasteiger partial charge in [-0.3, -0.25) is 9.58 Å². The molecule has 1 aliphatic heterocycles. The van der Waals surface area contributed by atoms with Crippen molar-refractivity contribution in [2.24, 2.45) is 12.0 Å². The lowest BCUT2D eigenvalue weighted by Gasteiger charge is -2.27. The average molecular weight is 371 g/mol. The van der Waals surface area contributed by atoms with Crippen molar-refractivity contribution < 1.29 is 4.74 Å². The number of aliphatic imine (C=N–C) groups is 1. The number of aromatic nitrogens is 3. The second-order valence-electron chi connectivity index (χ2n) is 6.51. The van der Waals surface area contributed by atoms with E-state index in [0.717, 1.165) is 51.2 Å². The van der Waals surface area contributed by atoms with Gasteiger partial charge in [-0.25, -0.2) is 9.98 Å². The third kappa shape index (κ3) is 5.77. The van der Waals surface area contributed by atoms with E-state index in [4.69, 9.17) is 9.73 Å². The molecule has 27 heavy (non-hydrogen) atoms. The van der Waals surface area contributed by atoms with Gasteiger partial charge in [0, 0.05) is 33.2 Å². The van der Waals surface area contributed by atoms with E-state index in [1.165, 1.54) is 11.1 Å². The Morgan fingerprint density at radius 3 is 2.67 bits per heavy atom. The van der Waals surface area contributed by atoms with E-state index in [9.17, 15) is 0 Å². The number of nitrogens with zero attached hydrogens (tertiary/aromatic N) is 5. The van der Waals surface area contributed by atoms with E-state index < -0.39 is 0 Å². The Morgan fingerprint density at radius 2 is 1.96 bits per heavy atom. The molecule has 0 amide bonds. The SMILES string of the molecule is CCNC(=NCc1ccccc1CN1CCOCC1)NCc1ncnn1C. The highest BCUT2D eigenvalue weighted by atomic mass is 16.5. The minimum absolute atomic E-state index is 0.581. The third-order valence-electron chi connectivity index (χ3n) is 4.59. The fourth-order valence-electron chi connectivity index (χ4n) is 3.02. The van der Waals surface area contributed by atoms with Gasteiger partial charge in [0.1, 0.15) is 12.2 Å². The molecule has 8 nitrogen and oxygen atoms in total. The Hall–Kier alpha value is -2.45. The Labute approximate surface area is 160 Å². The Morgan fingerprint density at radius 1 is 1.19 bits per heavy atom. The number of nitrogens with one attached hydrogen (secondary N) is 2. The quantitative estimate of drug-likeness (QED) is 0.556. The molecule has 1 saturated heterocycles. The summed E-state index contributed by atoms with van der Waals surface area (Å²) in [6.07, 6.45) is 1.56. The highest BCUT2D eigenvalue weighted by Crippen LogP contribution is 2.14. The van der Waals surface area contributed by atoms with Crippen molar-refractivity contribution >= 4 is 5.96 Å². The molecule has 3 rings (SSSR count). The standard InChI is InChI=1S/C19H29N7O/c1-3-20-19(22-13-18-23-15-24-25(18)2)21-12-16-6-4-5-7-17(16)14-26-8-10-27-11-9-26/h4-7,15H,3,8-14H2,1-2H3,(H2,20,21,22). The summed E-state index contributed by atoms with van der Waals surface area (Å²) in [6, 6.07) is 8.53. The molecule has 0 unspecified atom stereocenters. The lowest BCUT2D eigenvalue weighted by atomic mass is 10.1. The lowest BCUT2D eigenvalue weighted by molar-refractivity contribution is 0.0341. The van der Waals surface area contributed by atoms with Crippen molar-refractivity contribution in [3.8, 4) is 0 Å². The van der Waals surface area contributed by atoms with Crippen molar-refractivity contribution in [2.75, 3.05) is 32.8 Å². The Bertz CT molecular complexity index is 737. The number of rotatable bonds is 7. The molecule has 1 aromatic carbocycles. The van der Waals surface area contributed by atoms with Crippen molar-refractivity contribution in [3.63, 3.8) is 0 Å². The van der Waals surface area contributed by atoms with Crippen LogP contribution in [0.1, 0.15) is 23.9 Å². The molecule has 0 bridgehead atoms. The molecule has 1 fully saturated rings. The largest absolute Gasteiger partial charge is 0.379 e. The fourth-order valence-corrected chi connectivity index (χ4v) is 3.02. The number of morpholine rings is 1. The van der Waals surface area contributed by atoms with Crippen molar-refractivity contribution in [1.82, 2.24) is 30.3 Å². The van der Waals surface area contributed by atoms with Gasteiger partial charge in [-0.05, 0) is 18.1 Å². The number of ether oxygens (including phenoxy) is 1. The zero-order valence-electron chi connectivity index (χ0n) is 16.2. The van der Waals surface area contributed by atoms with Gasteiger partial charge >= 0.3 is 0 Å². The summed E-state index contributed by atoms with van der Waals surface area (Å²) in [6.45, 7) is 8.63. The summed E-state index contributed by atoms with van der Waals surface area (Å²) in [4.78, 5) is 11.4. The predicted molar refractivity (Wildman–Crippen MR) is 105 cm³/mol. The first-order valence-corrected chi connectivity index (χ1v) is 9.48. The molecule has 2 heterocycles. The highest BCUT2D eigenvalue weighted by Gasteiger charge is 2.12. The highest BCUT2D eigenvalue weighted by molar-refractivity contribution is 5.79. The molecular weight excluding hydrogens is 342 g/mol. The number of hydrogen-bond donors (Lipinski definition) is 2. The Kier molecular flexibility index (Phi) is 7.18. The fraction of sp³-hybridized carbons (Fsp3) is 0.526. The van der Waals surface area contributed by atoms with Gasteiger partial charge in [0.15, 0.2) is 5.96 Å². The normalized spacial score (nSPS) is 15.7. The summed E-state index contributed by atoms with van der Waals surface area (Å²) in [7, 11) is 1.88. The van der Waals surface area contributed by atoms with E-state index in [1.807, 2.05) is 7.05 Å². The molecule has 8 heteroatoms. The maximum Gasteiger partial charge on any atom is 0.191 e. The zero-order valence-corrected chi connectivity index (χ0v) is 16.2. The number of aryl methyl sites for hydroxylation is 1. The van der Waals surface area contributed by atoms with Gasteiger partial charge < -0.3 is 15.4 Å². The van der Waals surface area contributed by atoms with Crippen LogP contribution in [0.25, 0.3) is 0 Å². The number of guanidine groups is 1. The minimum atomic E-state index is 0.581. The molecule has 0 radical (unpaired) electrons. The van der Waals surface area contributed by atoms with Gasteiger partial charge in [-0.2, -0.15) is 5.10 Å². The van der Waals surface area contributed by atoms with Crippen LogP contribution in [0.15, 0.2) is 35.6 Å². The molecule has 146 valence electrons. The summed E-state index contributed by atoms with van der Waals surface area (Å²) < 4.78 is 7.21. The minimum Gasteiger partial charge on any atom is -0.379 e. The van der Waals surface area contributed by atoms with Gasteiger partial charge in [-0.15, -0.1) is 0 Å². The summed E-state index contributed by atoms with van der Waals surface area (Å²) >= 11 is 0. The van der Waals surface area contributed by atoms with Crippen LogP contribution in [0.5, 0.6) is 0 Å². The van der Waals surface area contributed by atoms with Gasteiger partial charge in [0.2, 0.25) is 0 Å². The average Bonchev–Trinajstić information content (AvgIpc) is 3.11. The van der Waals surface area contributed by atoms with Crippen LogP contribution >= 0.6 is 0 Å². The smallest absolute Gasteiger partial charge is 0.191 e. The summed E-state index contributed by atoms with van der Waals surface area (Å²) in [5, 5.41) is 10.7. The molecule has 2 N–H and O–H groups in total. The van der Waals surface area contributed by atoms with Crippen molar-refractivity contribution in [2.45, 2.75) is 26.6 Å². The van der Waals surface area contributed by atoms with Crippen LogP contribution in [0.4, 0.5) is 0 Å². The van der Waals surface area contributed by atoms with Crippen molar-refractivity contribution in [3.05, 3.63) is 47.5 Å². The van der Waals surface area contributed by atoms with Crippen molar-refractivity contribution in [1.29, 1.82) is 0 Å². The number of hydrogen-bond acceptors (Lipinski definition) is 5. The zero-order chi connectivity index (χ0) is 18.9. The lowest BCUT2D eigenvalue weighted by Crippen LogP contribution is -2.37. The van der Waals surface area contributed by atoms with Crippen LogP contribution in [0.3, 0.4) is 0 Å². The molecule has 0 saturated carbocycles. The van der Waals surface area contributed by atoms with Gasteiger partial charge in [0.05, 0.1) is 26.3 Å². The Balaban J connectivity index is 1.63. The molecule has 1 aliphatic rings. The van der Waals surface area contributed by atoms with E-state index >= 15 is 0 Å². The molecule has 0 atom stereocenters. The maximum atomic E-state index is 5.45. The summed E-state index contributed by atoms with van der Waals surface area (Å²) in [5.41, 5.74) is 2.58. The predicted octanol–water partition coefficient (Wildman–Crippen LogP) is 0.903. The van der Waals surface area contributed by atoms with E-state index in [1.54, 1.807) is 11.0 Å². The summed E-state index contributed by atoms with van der Waals surface area (Å²) in [5.74, 6) is 1.65. The number of benzene rings is 1. The molecular formula is C19H29N7O. The van der Waals surface area contributed by atoms with Crippen LogP contribution in [-0.4, -0.2) is 58.5 Å². The first-order chi connectivity index (χ1) is 13.3. The van der Waals surface area contributed by atoms with Gasteiger partial charge in [-0.1, -0.05) is 24.3 Å². The first kappa shape index (κ1) is 19.3. The monoisotopic (exact) mass is 371 g/mol. The molecule has 0 aliphatic carbocycles.